The molecule has 1 aliphatic carbocycles. The fraction of sp³-hybridized carbons (Fsp3) is 0.387. The van der Waals surface area contributed by atoms with Gasteiger partial charge in [0.15, 0.2) is 11.5 Å². The van der Waals surface area contributed by atoms with Gasteiger partial charge >= 0.3 is 5.97 Å². The average molecular weight is 645 g/mol. The third-order valence-electron chi connectivity index (χ3n) is 7.64. The number of hydrogen-bond acceptors (Lipinski definition) is 7. The second kappa shape index (κ2) is 12.1. The summed E-state index contributed by atoms with van der Waals surface area (Å²) < 4.78 is 24.7. The van der Waals surface area contributed by atoms with Crippen LogP contribution in [0.25, 0.3) is 11.1 Å². The van der Waals surface area contributed by atoms with E-state index in [2.05, 4.69) is 15.9 Å². The molecule has 6 rings (SSSR count). The lowest BCUT2D eigenvalue weighted by Gasteiger charge is -2.23. The van der Waals surface area contributed by atoms with Crippen LogP contribution in [-0.4, -0.2) is 59.6 Å². The first kappa shape index (κ1) is 28.2. The van der Waals surface area contributed by atoms with Crippen LogP contribution in [0.3, 0.4) is 0 Å². The van der Waals surface area contributed by atoms with Gasteiger partial charge in [0.05, 0.1) is 17.7 Å². The Morgan fingerprint density at radius 1 is 1.02 bits per heavy atom. The van der Waals surface area contributed by atoms with Crippen molar-refractivity contribution in [3.05, 3.63) is 69.2 Å². The van der Waals surface area contributed by atoms with Crippen molar-refractivity contribution in [2.24, 2.45) is 5.92 Å². The van der Waals surface area contributed by atoms with Crippen molar-refractivity contribution in [1.29, 1.82) is 0 Å². The maximum atomic E-state index is 11.8. The number of hydrogen-bond donors (Lipinski definition) is 2. The van der Waals surface area contributed by atoms with Crippen LogP contribution in [-0.2, 0) is 17.9 Å². The van der Waals surface area contributed by atoms with Crippen molar-refractivity contribution in [2.45, 2.75) is 44.6 Å². The zero-order chi connectivity index (χ0) is 28.5. The minimum absolute atomic E-state index is 0.197. The number of likely N-dealkylation sites (tertiary alicyclic amines) is 1. The summed E-state index contributed by atoms with van der Waals surface area (Å²) in [5, 5.41) is 20.1. The minimum atomic E-state index is -0.947. The number of carboxylic acids is 1. The molecule has 41 heavy (non-hydrogen) atoms. The number of fused-ring (bicyclic) bond motifs is 1. The molecule has 8 nitrogen and oxygen atoms in total. The van der Waals surface area contributed by atoms with Crippen LogP contribution in [0.4, 0.5) is 0 Å². The summed E-state index contributed by atoms with van der Waals surface area (Å²) >= 11 is 10.5. The number of carboxylic acid groups (broad SMARTS) is 1. The number of ether oxygens (including phenoxy) is 4. The summed E-state index contributed by atoms with van der Waals surface area (Å²) in [5.74, 6) is 2.15. The summed E-state index contributed by atoms with van der Waals surface area (Å²) in [7, 11) is 0. The van der Waals surface area contributed by atoms with E-state index in [1.54, 1.807) is 17.0 Å². The zero-order valence-electron chi connectivity index (χ0n) is 22.4. The molecule has 0 amide bonds. The zero-order valence-corrected chi connectivity index (χ0v) is 24.7. The van der Waals surface area contributed by atoms with Crippen LogP contribution in [0.5, 0.6) is 23.0 Å². The van der Waals surface area contributed by atoms with Crippen LogP contribution in [0, 0.1) is 5.92 Å². The van der Waals surface area contributed by atoms with Crippen LogP contribution in [0.15, 0.2) is 53.0 Å². The van der Waals surface area contributed by atoms with Crippen LogP contribution < -0.4 is 18.9 Å². The Morgan fingerprint density at radius 2 is 1.83 bits per heavy atom. The number of halogens is 2. The van der Waals surface area contributed by atoms with E-state index in [0.29, 0.717) is 48.8 Å². The fourth-order valence-corrected chi connectivity index (χ4v) is 6.10. The van der Waals surface area contributed by atoms with E-state index in [1.165, 1.54) is 0 Å². The molecular formula is C31H31BrClNO7. The largest absolute Gasteiger partial charge is 0.493 e. The normalized spacial score (nSPS) is 20.2. The fourth-order valence-electron chi connectivity index (χ4n) is 5.25. The molecule has 2 N–H and O–H groups in total. The number of aliphatic hydroxyl groups is 1. The smallest absolute Gasteiger partial charge is 0.321 e. The first-order valence-electron chi connectivity index (χ1n) is 13.8. The molecule has 2 atom stereocenters. The Hall–Kier alpha value is -2.98. The molecule has 2 fully saturated rings. The molecule has 3 aromatic rings. The van der Waals surface area contributed by atoms with E-state index in [-0.39, 0.29) is 19.6 Å². The number of β-amino-alcohol motifs (C(OH)–C–C–N with tert-alkyl or cyclic N) is 1. The molecule has 0 spiro atoms. The number of carbonyl (C=O) groups is 1. The van der Waals surface area contributed by atoms with E-state index >= 15 is 0 Å². The van der Waals surface area contributed by atoms with Crippen molar-refractivity contribution in [1.82, 2.24) is 4.90 Å². The van der Waals surface area contributed by atoms with E-state index in [4.69, 9.17) is 30.5 Å². The SMILES string of the molecule is O=C(O)[C@@H]1CC(O)CN1Cc1cc(Cl)c(OCc2cccc(-c3ccc4c(c3)OCCO4)c2Br)cc1OCC1CC1. The topological polar surface area (TPSA) is 97.7 Å². The maximum absolute atomic E-state index is 11.8. The van der Waals surface area contributed by atoms with Gasteiger partial charge in [-0.25, -0.2) is 0 Å². The van der Waals surface area contributed by atoms with Gasteiger partial charge in [-0.1, -0.05) is 35.9 Å². The second-order valence-electron chi connectivity index (χ2n) is 10.7. The predicted molar refractivity (Wildman–Crippen MR) is 157 cm³/mol. The molecule has 3 aliphatic rings. The van der Waals surface area contributed by atoms with Gasteiger partial charge in [0.1, 0.15) is 37.4 Å². The summed E-state index contributed by atoms with van der Waals surface area (Å²) in [6.45, 7) is 2.50. The van der Waals surface area contributed by atoms with Crippen LogP contribution in [0.1, 0.15) is 30.4 Å². The Bertz CT molecular complexity index is 1450. The lowest BCUT2D eigenvalue weighted by atomic mass is 10.0. The second-order valence-corrected chi connectivity index (χ2v) is 11.9. The number of benzene rings is 3. The monoisotopic (exact) mass is 643 g/mol. The summed E-state index contributed by atoms with van der Waals surface area (Å²) in [6, 6.07) is 14.7. The minimum Gasteiger partial charge on any atom is -0.493 e. The summed E-state index contributed by atoms with van der Waals surface area (Å²) in [5.41, 5.74) is 3.70. The Kier molecular flexibility index (Phi) is 8.30. The Balaban J connectivity index is 1.22. The van der Waals surface area contributed by atoms with Gasteiger partial charge in [-0.2, -0.15) is 0 Å². The Morgan fingerprint density at radius 3 is 2.61 bits per heavy atom. The molecule has 1 saturated heterocycles. The molecule has 0 aromatic heterocycles. The van der Waals surface area contributed by atoms with Gasteiger partial charge in [-0.3, -0.25) is 9.69 Å². The molecule has 2 heterocycles. The van der Waals surface area contributed by atoms with Gasteiger partial charge in [0, 0.05) is 41.2 Å². The standard InChI is InChI=1S/C31H31BrClNO7/c32-30-20(2-1-3-23(30)19-6-7-26-29(11-19)39-9-8-38-26)17-41-28-13-27(40-16-18-4-5-18)21(10-24(28)33)14-34-15-22(35)12-25(34)31(36)37/h1-3,6-7,10-11,13,18,22,25,35H,4-5,8-9,12,14-17H2,(H,36,37)/t22?,25-/m0/s1. The molecule has 216 valence electrons. The highest BCUT2D eigenvalue weighted by Gasteiger charge is 2.36. The van der Waals surface area contributed by atoms with Crippen molar-refractivity contribution in [3.63, 3.8) is 0 Å². The van der Waals surface area contributed by atoms with Gasteiger partial charge in [0.25, 0.3) is 0 Å². The Labute approximate surface area is 251 Å². The van der Waals surface area contributed by atoms with Crippen LogP contribution >= 0.6 is 27.5 Å². The third kappa shape index (κ3) is 6.43. The van der Waals surface area contributed by atoms with E-state index in [0.717, 1.165) is 51.1 Å². The van der Waals surface area contributed by atoms with E-state index in [9.17, 15) is 15.0 Å². The third-order valence-corrected chi connectivity index (χ3v) is 8.87. The average Bonchev–Trinajstić information content (AvgIpc) is 3.72. The van der Waals surface area contributed by atoms with Gasteiger partial charge in [-0.15, -0.1) is 0 Å². The molecular weight excluding hydrogens is 614 g/mol. The lowest BCUT2D eigenvalue weighted by Crippen LogP contribution is -2.35. The van der Waals surface area contributed by atoms with Gasteiger partial charge in [-0.05, 0) is 64.0 Å². The molecule has 3 aromatic carbocycles. The predicted octanol–water partition coefficient (Wildman–Crippen LogP) is 5.93. The van der Waals surface area contributed by atoms with Crippen molar-refractivity contribution < 1.29 is 34.0 Å². The first-order chi connectivity index (χ1) is 19.9. The van der Waals surface area contributed by atoms with Gasteiger partial charge in [0.2, 0.25) is 0 Å². The highest BCUT2D eigenvalue weighted by atomic mass is 79.9. The highest BCUT2D eigenvalue weighted by molar-refractivity contribution is 9.10. The van der Waals surface area contributed by atoms with Crippen LogP contribution in [0.2, 0.25) is 5.02 Å². The highest BCUT2D eigenvalue weighted by Crippen LogP contribution is 2.40. The first-order valence-corrected chi connectivity index (χ1v) is 14.9. The van der Waals surface area contributed by atoms with Crippen molar-refractivity contribution in [2.75, 3.05) is 26.4 Å². The molecule has 1 saturated carbocycles. The summed E-state index contributed by atoms with van der Waals surface area (Å²) in [4.78, 5) is 13.5. The van der Waals surface area contributed by atoms with E-state index < -0.39 is 18.1 Å². The van der Waals surface area contributed by atoms with Crippen molar-refractivity contribution >= 4 is 33.5 Å². The molecule has 10 heteroatoms. The van der Waals surface area contributed by atoms with E-state index in [1.807, 2.05) is 36.4 Å². The number of aliphatic hydroxyl groups excluding tert-OH is 1. The number of aliphatic carboxylic acids is 1. The van der Waals surface area contributed by atoms with Gasteiger partial charge < -0.3 is 29.2 Å². The number of nitrogens with zero attached hydrogens (tertiary/aromatic N) is 1. The summed E-state index contributed by atoms with van der Waals surface area (Å²) in [6.07, 6.45) is 1.79. The quantitative estimate of drug-likeness (QED) is 0.281. The molecule has 0 radical (unpaired) electrons. The maximum Gasteiger partial charge on any atom is 0.321 e. The lowest BCUT2D eigenvalue weighted by molar-refractivity contribution is -0.142. The number of rotatable bonds is 10. The molecule has 0 bridgehead atoms. The molecule has 1 unspecified atom stereocenters. The van der Waals surface area contributed by atoms with Crippen molar-refractivity contribution in [3.8, 4) is 34.1 Å². The molecule has 2 aliphatic heterocycles.